The SMILES string of the molecule is CC(C)(C)C1(OC(=O)C(=O)O)CCCCC1. The number of ether oxygens (including phenoxy) is 1. The van der Waals surface area contributed by atoms with E-state index in [9.17, 15) is 9.59 Å². The molecule has 0 spiro atoms. The minimum absolute atomic E-state index is 0.224. The van der Waals surface area contributed by atoms with Gasteiger partial charge in [-0.3, -0.25) is 0 Å². The van der Waals surface area contributed by atoms with Crippen LogP contribution in [0, 0.1) is 5.41 Å². The van der Waals surface area contributed by atoms with Crippen molar-refractivity contribution in [3.8, 4) is 0 Å². The highest BCUT2D eigenvalue weighted by molar-refractivity contribution is 6.28. The Morgan fingerprint density at radius 2 is 1.62 bits per heavy atom. The van der Waals surface area contributed by atoms with Crippen molar-refractivity contribution in [2.75, 3.05) is 0 Å². The first-order valence-electron chi connectivity index (χ1n) is 5.75. The van der Waals surface area contributed by atoms with Crippen molar-refractivity contribution in [3.63, 3.8) is 0 Å². The van der Waals surface area contributed by atoms with Crippen LogP contribution >= 0.6 is 0 Å². The zero-order chi connectivity index (χ0) is 12.4. The molecule has 1 N–H and O–H groups in total. The van der Waals surface area contributed by atoms with Crippen LogP contribution in [-0.4, -0.2) is 22.6 Å². The number of hydrogen-bond acceptors (Lipinski definition) is 3. The van der Waals surface area contributed by atoms with Crippen molar-refractivity contribution in [1.82, 2.24) is 0 Å². The second kappa shape index (κ2) is 4.44. The van der Waals surface area contributed by atoms with Crippen LogP contribution in [0.25, 0.3) is 0 Å². The molecule has 1 fully saturated rings. The summed E-state index contributed by atoms with van der Waals surface area (Å²) in [4.78, 5) is 21.8. The molecule has 0 heterocycles. The molecule has 4 nitrogen and oxygen atoms in total. The number of esters is 1. The third-order valence-electron chi connectivity index (χ3n) is 3.49. The standard InChI is InChI=1S/C12H20O4/c1-11(2,3)12(7-5-4-6-8-12)16-10(15)9(13)14/h4-8H2,1-3H3,(H,13,14). The zero-order valence-corrected chi connectivity index (χ0v) is 10.2. The van der Waals surface area contributed by atoms with Gasteiger partial charge >= 0.3 is 11.9 Å². The van der Waals surface area contributed by atoms with Gasteiger partial charge in [-0.15, -0.1) is 0 Å². The Hall–Kier alpha value is -1.06. The van der Waals surface area contributed by atoms with E-state index in [4.69, 9.17) is 9.84 Å². The number of carboxylic acids is 1. The van der Waals surface area contributed by atoms with Crippen LogP contribution in [0.4, 0.5) is 0 Å². The van der Waals surface area contributed by atoms with Crippen LogP contribution in [0.1, 0.15) is 52.9 Å². The lowest BCUT2D eigenvalue weighted by Crippen LogP contribution is -2.49. The third-order valence-corrected chi connectivity index (χ3v) is 3.49. The van der Waals surface area contributed by atoms with E-state index in [1.54, 1.807) is 0 Å². The number of carbonyl (C=O) groups excluding carboxylic acids is 1. The van der Waals surface area contributed by atoms with E-state index in [1.165, 1.54) is 0 Å². The summed E-state index contributed by atoms with van der Waals surface area (Å²) in [5, 5.41) is 8.62. The Balaban J connectivity index is 2.87. The van der Waals surface area contributed by atoms with Crippen LogP contribution < -0.4 is 0 Å². The molecule has 0 amide bonds. The number of carbonyl (C=O) groups is 2. The van der Waals surface area contributed by atoms with Crippen molar-refractivity contribution in [2.24, 2.45) is 5.41 Å². The monoisotopic (exact) mass is 228 g/mol. The van der Waals surface area contributed by atoms with Gasteiger partial charge in [-0.25, -0.2) is 9.59 Å². The Morgan fingerprint density at radius 3 is 2.00 bits per heavy atom. The van der Waals surface area contributed by atoms with Crippen molar-refractivity contribution < 1.29 is 19.4 Å². The number of hydrogen-bond donors (Lipinski definition) is 1. The second-order valence-corrected chi connectivity index (χ2v) is 5.50. The van der Waals surface area contributed by atoms with Gasteiger partial charge in [-0.05, 0) is 25.7 Å². The molecule has 4 heteroatoms. The highest BCUT2D eigenvalue weighted by Crippen LogP contribution is 2.44. The van der Waals surface area contributed by atoms with E-state index >= 15 is 0 Å². The molecule has 0 bridgehead atoms. The molecule has 0 atom stereocenters. The first-order valence-corrected chi connectivity index (χ1v) is 5.75. The average molecular weight is 228 g/mol. The minimum Gasteiger partial charge on any atom is -0.473 e. The Bertz CT molecular complexity index is 282. The lowest BCUT2D eigenvalue weighted by atomic mass is 9.68. The van der Waals surface area contributed by atoms with E-state index in [0.29, 0.717) is 0 Å². The molecule has 1 saturated carbocycles. The van der Waals surface area contributed by atoms with Crippen LogP contribution in [0.3, 0.4) is 0 Å². The molecule has 0 aromatic heterocycles. The van der Waals surface area contributed by atoms with E-state index < -0.39 is 17.5 Å². The molecule has 1 rings (SSSR count). The largest absolute Gasteiger partial charge is 0.473 e. The Morgan fingerprint density at radius 1 is 1.12 bits per heavy atom. The van der Waals surface area contributed by atoms with Crippen LogP contribution in [0.5, 0.6) is 0 Å². The Labute approximate surface area is 96.0 Å². The van der Waals surface area contributed by atoms with E-state index in [0.717, 1.165) is 32.1 Å². The molecule has 16 heavy (non-hydrogen) atoms. The van der Waals surface area contributed by atoms with Gasteiger partial charge in [0.25, 0.3) is 0 Å². The van der Waals surface area contributed by atoms with E-state index in [2.05, 4.69) is 0 Å². The van der Waals surface area contributed by atoms with Gasteiger partial charge < -0.3 is 9.84 Å². The predicted octanol–water partition coefficient (Wildman–Crippen LogP) is 2.36. The summed E-state index contributed by atoms with van der Waals surface area (Å²) in [5.74, 6) is -2.63. The van der Waals surface area contributed by atoms with Gasteiger partial charge in [0.2, 0.25) is 0 Å². The fraction of sp³-hybridized carbons (Fsp3) is 0.833. The maximum absolute atomic E-state index is 11.2. The smallest absolute Gasteiger partial charge is 0.417 e. The molecular formula is C12H20O4. The maximum atomic E-state index is 11.2. The third kappa shape index (κ3) is 2.54. The maximum Gasteiger partial charge on any atom is 0.417 e. The van der Waals surface area contributed by atoms with Crippen LogP contribution in [-0.2, 0) is 14.3 Å². The molecule has 0 aliphatic heterocycles. The highest BCUT2D eigenvalue weighted by Gasteiger charge is 2.46. The lowest BCUT2D eigenvalue weighted by Gasteiger charge is -2.46. The molecule has 0 aromatic carbocycles. The second-order valence-electron chi connectivity index (χ2n) is 5.50. The molecular weight excluding hydrogens is 208 g/mol. The minimum atomic E-state index is -1.51. The van der Waals surface area contributed by atoms with Gasteiger partial charge in [0.1, 0.15) is 5.60 Å². The quantitative estimate of drug-likeness (QED) is 0.552. The highest BCUT2D eigenvalue weighted by atomic mass is 16.6. The fourth-order valence-corrected chi connectivity index (χ4v) is 2.35. The molecule has 0 aromatic rings. The summed E-state index contributed by atoms with van der Waals surface area (Å²) in [5.41, 5.74) is -0.834. The summed E-state index contributed by atoms with van der Waals surface area (Å²) < 4.78 is 5.27. The molecule has 1 aliphatic rings. The number of carboxylic acid groups (broad SMARTS) is 1. The summed E-state index contributed by atoms with van der Waals surface area (Å²) in [7, 11) is 0. The molecule has 1 aliphatic carbocycles. The van der Waals surface area contributed by atoms with Gasteiger partial charge in [0.15, 0.2) is 0 Å². The first kappa shape index (κ1) is 13.0. The van der Waals surface area contributed by atoms with Crippen molar-refractivity contribution in [1.29, 1.82) is 0 Å². The zero-order valence-electron chi connectivity index (χ0n) is 10.2. The lowest BCUT2D eigenvalue weighted by molar-refractivity contribution is -0.188. The predicted molar refractivity (Wildman–Crippen MR) is 59.0 cm³/mol. The molecule has 0 radical (unpaired) electrons. The molecule has 0 unspecified atom stereocenters. The van der Waals surface area contributed by atoms with Gasteiger partial charge in [0.05, 0.1) is 0 Å². The van der Waals surface area contributed by atoms with Crippen molar-refractivity contribution >= 4 is 11.9 Å². The fourth-order valence-electron chi connectivity index (χ4n) is 2.35. The molecule has 92 valence electrons. The molecule has 0 saturated heterocycles. The summed E-state index contributed by atoms with van der Waals surface area (Å²) >= 11 is 0. The van der Waals surface area contributed by atoms with Crippen molar-refractivity contribution in [2.45, 2.75) is 58.5 Å². The van der Waals surface area contributed by atoms with Crippen LogP contribution in [0.15, 0.2) is 0 Å². The summed E-state index contributed by atoms with van der Waals surface area (Å²) in [6, 6.07) is 0. The van der Waals surface area contributed by atoms with Crippen molar-refractivity contribution in [3.05, 3.63) is 0 Å². The average Bonchev–Trinajstić information content (AvgIpc) is 2.17. The van der Waals surface area contributed by atoms with E-state index in [1.807, 2.05) is 20.8 Å². The van der Waals surface area contributed by atoms with Crippen LogP contribution in [0.2, 0.25) is 0 Å². The summed E-state index contributed by atoms with van der Waals surface area (Å²) in [6.45, 7) is 5.98. The Kier molecular flexibility index (Phi) is 3.61. The number of rotatable bonds is 1. The van der Waals surface area contributed by atoms with E-state index in [-0.39, 0.29) is 5.41 Å². The van der Waals surface area contributed by atoms with Gasteiger partial charge in [0, 0.05) is 5.41 Å². The summed E-state index contributed by atoms with van der Waals surface area (Å²) in [6.07, 6.45) is 4.63. The van der Waals surface area contributed by atoms with Gasteiger partial charge in [-0.2, -0.15) is 0 Å². The topological polar surface area (TPSA) is 63.6 Å². The normalized spacial score (nSPS) is 20.2. The number of aliphatic carboxylic acids is 1. The first-order chi connectivity index (χ1) is 7.28. The van der Waals surface area contributed by atoms with Gasteiger partial charge in [-0.1, -0.05) is 27.2 Å².